The zero-order chi connectivity index (χ0) is 18.4. The largest absolute Gasteiger partial charge is 0.340 e. The lowest BCUT2D eigenvalue weighted by molar-refractivity contribution is -0.133. The molecular weight excluding hydrogens is 354 g/mol. The summed E-state index contributed by atoms with van der Waals surface area (Å²) in [5.41, 5.74) is 6.19. The van der Waals surface area contributed by atoms with Crippen molar-refractivity contribution in [2.75, 3.05) is 20.1 Å². The second kappa shape index (κ2) is 6.71. The van der Waals surface area contributed by atoms with Gasteiger partial charge in [-0.05, 0) is 61.7 Å². The predicted molar refractivity (Wildman–Crippen MR) is 108 cm³/mol. The number of benzene rings is 1. The molecule has 2 aromatic rings. The van der Waals surface area contributed by atoms with E-state index in [1.54, 1.807) is 11.3 Å². The molecule has 1 spiro atoms. The third kappa shape index (κ3) is 3.21. The Bertz CT molecular complexity index is 801. The van der Waals surface area contributed by atoms with E-state index >= 15 is 0 Å². The van der Waals surface area contributed by atoms with Crippen LogP contribution in [0.1, 0.15) is 36.1 Å². The minimum absolute atomic E-state index is 0.240. The molecule has 27 heavy (non-hydrogen) atoms. The van der Waals surface area contributed by atoms with Crippen LogP contribution >= 0.6 is 11.3 Å². The van der Waals surface area contributed by atoms with E-state index in [9.17, 15) is 4.79 Å². The fourth-order valence-corrected chi connectivity index (χ4v) is 5.83. The van der Waals surface area contributed by atoms with Gasteiger partial charge in [-0.15, -0.1) is 11.3 Å². The molecule has 1 aliphatic heterocycles. The van der Waals surface area contributed by atoms with Crippen molar-refractivity contribution in [1.29, 1.82) is 0 Å². The Morgan fingerprint density at radius 3 is 2.59 bits per heavy atom. The van der Waals surface area contributed by atoms with Gasteiger partial charge in [0.05, 0.1) is 17.7 Å². The molecule has 142 valence electrons. The average Bonchev–Trinajstić information content (AvgIpc) is 3.06. The molecule has 2 fully saturated rings. The molecular formula is C22H27N3OS. The van der Waals surface area contributed by atoms with E-state index in [-0.39, 0.29) is 11.3 Å². The summed E-state index contributed by atoms with van der Waals surface area (Å²) in [6.45, 7) is 2.94. The van der Waals surface area contributed by atoms with Crippen molar-refractivity contribution >= 4 is 17.2 Å². The van der Waals surface area contributed by atoms with Gasteiger partial charge in [0.2, 0.25) is 5.91 Å². The van der Waals surface area contributed by atoms with E-state index in [1.807, 2.05) is 22.8 Å². The fourth-order valence-electron chi connectivity index (χ4n) is 5.28. The van der Waals surface area contributed by atoms with E-state index in [1.165, 1.54) is 36.8 Å². The average molecular weight is 382 g/mol. The first kappa shape index (κ1) is 17.4. The van der Waals surface area contributed by atoms with Gasteiger partial charge in [-0.25, -0.2) is 4.98 Å². The van der Waals surface area contributed by atoms with Crippen molar-refractivity contribution in [1.82, 2.24) is 14.8 Å². The van der Waals surface area contributed by atoms with Gasteiger partial charge in [0.1, 0.15) is 0 Å². The number of carbonyl (C=O) groups excluding carboxylic acids is 1. The van der Waals surface area contributed by atoms with Gasteiger partial charge in [0.25, 0.3) is 0 Å². The maximum atomic E-state index is 12.9. The van der Waals surface area contributed by atoms with E-state index in [0.29, 0.717) is 18.5 Å². The number of hydrogen-bond acceptors (Lipinski definition) is 4. The number of aromatic nitrogens is 1. The van der Waals surface area contributed by atoms with Gasteiger partial charge in [-0.2, -0.15) is 0 Å². The molecule has 0 radical (unpaired) electrons. The minimum atomic E-state index is 0.240. The molecule has 1 aromatic heterocycles. The Morgan fingerprint density at radius 1 is 1.26 bits per heavy atom. The normalized spacial score (nSPS) is 24.1. The van der Waals surface area contributed by atoms with Gasteiger partial charge in [-0.3, -0.25) is 9.69 Å². The highest BCUT2D eigenvalue weighted by Gasteiger charge is 2.59. The van der Waals surface area contributed by atoms with E-state index < -0.39 is 0 Å². The van der Waals surface area contributed by atoms with Crippen molar-refractivity contribution in [3.8, 4) is 0 Å². The Hall–Kier alpha value is -1.72. The summed E-state index contributed by atoms with van der Waals surface area (Å²) in [7, 11) is 1.93. The minimum Gasteiger partial charge on any atom is -0.340 e. The highest BCUT2D eigenvalue weighted by Crippen LogP contribution is 2.60. The summed E-state index contributed by atoms with van der Waals surface area (Å²) in [5.74, 6) is 0.564. The number of amides is 1. The molecule has 1 atom stereocenters. The van der Waals surface area contributed by atoms with Crippen LogP contribution < -0.4 is 0 Å². The fraction of sp³-hybridized carbons (Fsp3) is 0.545. The number of piperidine rings is 1. The molecule has 2 heterocycles. The van der Waals surface area contributed by atoms with Gasteiger partial charge in [-0.1, -0.05) is 24.3 Å². The first-order valence-corrected chi connectivity index (χ1v) is 11.0. The van der Waals surface area contributed by atoms with Crippen LogP contribution in [0.25, 0.3) is 0 Å². The number of nitrogens with zero attached hydrogens (tertiary/aromatic N) is 3. The smallest absolute Gasteiger partial charge is 0.226 e. The van der Waals surface area contributed by atoms with Gasteiger partial charge >= 0.3 is 0 Å². The third-order valence-corrected chi connectivity index (χ3v) is 7.72. The standard InChI is InChI=1S/C22H27N3OS/c1-24(13-18-14-27-15-23-18)21(26)20-12-22(20)6-8-25(9-7-22)19-10-16-4-2-3-5-17(16)11-19/h2-5,14-15,19-20H,6-13H2,1H3. The van der Waals surface area contributed by atoms with Crippen molar-refractivity contribution in [3.63, 3.8) is 0 Å². The summed E-state index contributed by atoms with van der Waals surface area (Å²) < 4.78 is 0. The number of hydrogen-bond donors (Lipinski definition) is 0. The monoisotopic (exact) mass is 381 g/mol. The Kier molecular flexibility index (Phi) is 4.32. The van der Waals surface area contributed by atoms with Crippen LogP contribution in [0.2, 0.25) is 0 Å². The highest BCUT2D eigenvalue weighted by atomic mass is 32.1. The first-order chi connectivity index (χ1) is 13.1. The summed E-state index contributed by atoms with van der Waals surface area (Å²) in [4.78, 5) is 21.8. The number of fused-ring (bicyclic) bond motifs is 1. The lowest BCUT2D eigenvalue weighted by Crippen LogP contribution is -2.43. The molecule has 0 N–H and O–H groups in total. The molecule has 3 aliphatic rings. The van der Waals surface area contributed by atoms with Crippen molar-refractivity contribution in [3.05, 3.63) is 52.0 Å². The maximum Gasteiger partial charge on any atom is 0.226 e. The van der Waals surface area contributed by atoms with Crippen LogP contribution in [0.4, 0.5) is 0 Å². The zero-order valence-corrected chi connectivity index (χ0v) is 16.8. The Labute approximate surface area is 165 Å². The molecule has 2 aliphatic carbocycles. The van der Waals surface area contributed by atoms with Crippen molar-refractivity contribution in [2.45, 2.75) is 44.7 Å². The van der Waals surface area contributed by atoms with Gasteiger partial charge < -0.3 is 4.90 Å². The molecule has 1 saturated carbocycles. The Morgan fingerprint density at radius 2 is 1.96 bits per heavy atom. The first-order valence-electron chi connectivity index (χ1n) is 10.1. The number of rotatable bonds is 4. The van der Waals surface area contributed by atoms with E-state index in [0.717, 1.165) is 25.2 Å². The summed E-state index contributed by atoms with van der Waals surface area (Å²) in [6, 6.07) is 9.56. The van der Waals surface area contributed by atoms with E-state index in [2.05, 4.69) is 34.1 Å². The number of carbonyl (C=O) groups is 1. The van der Waals surface area contributed by atoms with Crippen LogP contribution in [-0.4, -0.2) is 46.9 Å². The quantitative estimate of drug-likeness (QED) is 0.815. The molecule has 1 aromatic carbocycles. The van der Waals surface area contributed by atoms with Crippen molar-refractivity contribution < 1.29 is 4.79 Å². The highest BCUT2D eigenvalue weighted by molar-refractivity contribution is 7.07. The Balaban J connectivity index is 1.15. The van der Waals surface area contributed by atoms with Crippen LogP contribution in [0.3, 0.4) is 0 Å². The SMILES string of the molecule is CN(Cc1cscn1)C(=O)C1CC12CCN(C1Cc3ccccc3C1)CC2. The lowest BCUT2D eigenvalue weighted by Gasteiger charge is -2.37. The number of likely N-dealkylation sites (tertiary alicyclic amines) is 1. The maximum absolute atomic E-state index is 12.9. The van der Waals surface area contributed by atoms with Crippen LogP contribution in [0, 0.1) is 11.3 Å². The summed E-state index contributed by atoms with van der Waals surface area (Å²) in [5, 5.41) is 2.03. The van der Waals surface area contributed by atoms with Gasteiger partial charge in [0.15, 0.2) is 0 Å². The molecule has 1 saturated heterocycles. The summed E-state index contributed by atoms with van der Waals surface area (Å²) >= 11 is 1.59. The molecule has 0 bridgehead atoms. The van der Waals surface area contributed by atoms with Crippen LogP contribution in [-0.2, 0) is 24.2 Å². The van der Waals surface area contributed by atoms with Crippen LogP contribution in [0.15, 0.2) is 35.2 Å². The van der Waals surface area contributed by atoms with E-state index in [4.69, 9.17) is 0 Å². The molecule has 1 unspecified atom stereocenters. The van der Waals surface area contributed by atoms with Crippen molar-refractivity contribution in [2.24, 2.45) is 11.3 Å². The zero-order valence-electron chi connectivity index (χ0n) is 15.9. The second-order valence-corrected chi connectivity index (χ2v) is 9.38. The molecule has 5 rings (SSSR count). The topological polar surface area (TPSA) is 36.4 Å². The molecule has 4 nitrogen and oxygen atoms in total. The third-order valence-electron chi connectivity index (χ3n) is 7.09. The summed E-state index contributed by atoms with van der Waals surface area (Å²) in [6.07, 6.45) is 5.84. The molecule has 5 heteroatoms. The lowest BCUT2D eigenvalue weighted by atomic mass is 9.89. The predicted octanol–water partition coefficient (Wildman–Crippen LogP) is 3.37. The second-order valence-electron chi connectivity index (χ2n) is 8.66. The van der Waals surface area contributed by atoms with Gasteiger partial charge in [0, 0.05) is 24.4 Å². The van der Waals surface area contributed by atoms with Crippen LogP contribution in [0.5, 0.6) is 0 Å². The molecule has 1 amide bonds. The number of thiazole rings is 1.